The Bertz CT molecular complexity index is 1120. The van der Waals surface area contributed by atoms with Crippen molar-refractivity contribution in [3.63, 3.8) is 0 Å². The van der Waals surface area contributed by atoms with Crippen LogP contribution in [0, 0.1) is 5.82 Å². The number of ketones is 1. The summed E-state index contributed by atoms with van der Waals surface area (Å²) >= 11 is 0. The predicted molar refractivity (Wildman–Crippen MR) is 111 cm³/mol. The summed E-state index contributed by atoms with van der Waals surface area (Å²) in [7, 11) is 0. The van der Waals surface area contributed by atoms with E-state index < -0.39 is 0 Å². The quantitative estimate of drug-likeness (QED) is 0.632. The first-order valence-electron chi connectivity index (χ1n) is 9.80. The van der Waals surface area contributed by atoms with E-state index >= 15 is 0 Å². The fourth-order valence-electron chi connectivity index (χ4n) is 3.72. The molecular weight excluding hydrogens is 385 g/mol. The van der Waals surface area contributed by atoms with E-state index in [1.165, 1.54) is 12.1 Å². The number of nitrogens with one attached hydrogen (secondary N) is 1. The first kappa shape index (κ1) is 19.8. The number of hydrogen-bond acceptors (Lipinski definition) is 7. The van der Waals surface area contributed by atoms with Crippen LogP contribution >= 0.6 is 0 Å². The lowest BCUT2D eigenvalue weighted by Gasteiger charge is -2.13. The summed E-state index contributed by atoms with van der Waals surface area (Å²) in [5, 5.41) is 3.16. The number of nitrogens with two attached hydrogens (primary N) is 1. The number of halogens is 1. The molecule has 3 aromatic rings. The molecule has 30 heavy (non-hydrogen) atoms. The normalized spacial score (nSPS) is 15.2. The largest absolute Gasteiger partial charge is 0.485 e. The molecule has 1 aliphatic carbocycles. The van der Waals surface area contributed by atoms with Crippen LogP contribution in [0.4, 0.5) is 22.0 Å². The van der Waals surface area contributed by atoms with Crippen LogP contribution < -0.4 is 15.8 Å². The number of carbonyl (C=O) groups excluding carboxylic acids is 1. The fourth-order valence-corrected chi connectivity index (χ4v) is 3.72. The van der Waals surface area contributed by atoms with Gasteiger partial charge in [-0.05, 0) is 36.1 Å². The summed E-state index contributed by atoms with van der Waals surface area (Å²) in [5.41, 5.74) is 8.55. The second-order valence-electron chi connectivity index (χ2n) is 7.22. The first-order chi connectivity index (χ1) is 14.5. The van der Waals surface area contributed by atoms with E-state index in [1.807, 2.05) is 31.2 Å². The molecule has 1 atom stereocenters. The molecule has 1 aliphatic rings. The zero-order valence-corrected chi connectivity index (χ0v) is 16.8. The van der Waals surface area contributed by atoms with Gasteiger partial charge in [-0.15, -0.1) is 0 Å². The molecule has 1 heterocycles. The maximum atomic E-state index is 14.2. The maximum absolute atomic E-state index is 14.2. The number of aromatic nitrogens is 3. The third-order valence-electron chi connectivity index (χ3n) is 5.12. The van der Waals surface area contributed by atoms with Crippen molar-refractivity contribution in [1.82, 2.24) is 15.0 Å². The van der Waals surface area contributed by atoms with Gasteiger partial charge in [-0.2, -0.15) is 15.0 Å². The van der Waals surface area contributed by atoms with Crippen molar-refractivity contribution in [1.29, 1.82) is 0 Å². The molecule has 1 unspecified atom stereocenters. The van der Waals surface area contributed by atoms with Gasteiger partial charge >= 0.3 is 0 Å². The average molecular weight is 407 g/mol. The van der Waals surface area contributed by atoms with Crippen LogP contribution in [0.3, 0.4) is 0 Å². The van der Waals surface area contributed by atoms with E-state index in [4.69, 9.17) is 10.5 Å². The summed E-state index contributed by atoms with van der Waals surface area (Å²) in [6.07, 6.45) is 1.12. The van der Waals surface area contributed by atoms with Gasteiger partial charge in [0.15, 0.2) is 11.6 Å². The predicted octanol–water partition coefficient (Wildman–Crippen LogP) is 4.17. The summed E-state index contributed by atoms with van der Waals surface area (Å²) < 4.78 is 20.0. The first-order valence-corrected chi connectivity index (χ1v) is 9.80. The number of rotatable bonds is 6. The molecule has 0 aliphatic heterocycles. The Morgan fingerprint density at radius 2 is 2.00 bits per heavy atom. The number of nitrogen functional groups attached to an aromatic ring is 1. The number of fused-ring (bicyclic) bond motifs is 1. The summed E-state index contributed by atoms with van der Waals surface area (Å²) in [4.78, 5) is 24.9. The van der Waals surface area contributed by atoms with Gasteiger partial charge in [0, 0.05) is 17.7 Å². The average Bonchev–Trinajstić information content (AvgIpc) is 3.03. The van der Waals surface area contributed by atoms with Crippen LogP contribution in [-0.4, -0.2) is 20.7 Å². The molecule has 2 aromatic carbocycles. The number of benzene rings is 2. The Labute approximate surface area is 173 Å². The van der Waals surface area contributed by atoms with Crippen LogP contribution in [0.1, 0.15) is 53.5 Å². The van der Waals surface area contributed by atoms with E-state index in [2.05, 4.69) is 27.2 Å². The van der Waals surface area contributed by atoms with Crippen molar-refractivity contribution in [2.75, 3.05) is 11.1 Å². The minimum atomic E-state index is -0.388. The molecule has 8 heteroatoms. The second-order valence-corrected chi connectivity index (χ2v) is 7.22. The molecule has 0 saturated heterocycles. The Morgan fingerprint density at radius 1 is 1.20 bits per heavy atom. The van der Waals surface area contributed by atoms with Gasteiger partial charge in [-0.1, -0.05) is 32.0 Å². The SMILES string of the molecule is CCc1ccccc1Nc1nc(N)nc(COc2ccc(F)c3c2C(=O)CC3C)n1. The van der Waals surface area contributed by atoms with Crippen molar-refractivity contribution in [3.8, 4) is 5.75 Å². The number of carbonyl (C=O) groups is 1. The lowest BCUT2D eigenvalue weighted by atomic mass is 10.0. The molecular formula is C22H22FN5O2. The van der Waals surface area contributed by atoms with Gasteiger partial charge in [-0.3, -0.25) is 4.79 Å². The van der Waals surface area contributed by atoms with Crippen molar-refractivity contribution in [3.05, 3.63) is 64.7 Å². The van der Waals surface area contributed by atoms with Crippen molar-refractivity contribution in [2.45, 2.75) is 39.2 Å². The van der Waals surface area contributed by atoms with E-state index in [9.17, 15) is 9.18 Å². The van der Waals surface area contributed by atoms with Gasteiger partial charge in [0.05, 0.1) is 5.56 Å². The molecule has 3 N–H and O–H groups in total. The van der Waals surface area contributed by atoms with Crippen molar-refractivity contribution >= 4 is 23.4 Å². The maximum Gasteiger partial charge on any atom is 0.232 e. The lowest BCUT2D eigenvalue weighted by molar-refractivity contribution is 0.0986. The van der Waals surface area contributed by atoms with E-state index in [1.54, 1.807) is 0 Å². The van der Waals surface area contributed by atoms with Gasteiger partial charge in [0.2, 0.25) is 11.9 Å². The number of ether oxygens (including phenoxy) is 1. The number of aryl methyl sites for hydroxylation is 1. The van der Waals surface area contributed by atoms with Crippen molar-refractivity contribution in [2.24, 2.45) is 0 Å². The van der Waals surface area contributed by atoms with Crippen LogP contribution in [0.25, 0.3) is 0 Å². The summed E-state index contributed by atoms with van der Waals surface area (Å²) in [6.45, 7) is 3.86. The Kier molecular flexibility index (Phi) is 5.31. The molecule has 0 spiro atoms. The highest BCUT2D eigenvalue weighted by atomic mass is 19.1. The standard InChI is InChI=1S/C22H22FN5O2/c1-3-13-6-4-5-7-15(13)25-22-27-18(26-21(24)28-22)11-30-17-9-8-14(23)19-12(2)10-16(29)20(17)19/h4-9,12H,3,10-11H2,1-2H3,(H3,24,25,26,27,28). The third kappa shape index (κ3) is 3.80. The van der Waals surface area contributed by atoms with Gasteiger partial charge < -0.3 is 15.8 Å². The Hall–Kier alpha value is -3.55. The molecule has 154 valence electrons. The zero-order valence-electron chi connectivity index (χ0n) is 16.8. The van der Waals surface area contributed by atoms with Gasteiger partial charge in [0.1, 0.15) is 18.2 Å². The van der Waals surface area contributed by atoms with Gasteiger partial charge in [0.25, 0.3) is 0 Å². The molecule has 7 nitrogen and oxygen atoms in total. The third-order valence-corrected chi connectivity index (χ3v) is 5.12. The number of anilines is 3. The number of nitrogens with zero attached hydrogens (tertiary/aromatic N) is 3. The van der Waals surface area contributed by atoms with Crippen LogP contribution in [-0.2, 0) is 13.0 Å². The molecule has 0 saturated carbocycles. The van der Waals surface area contributed by atoms with E-state index in [-0.39, 0.29) is 36.5 Å². The second kappa shape index (κ2) is 8.06. The lowest BCUT2D eigenvalue weighted by Crippen LogP contribution is -2.11. The zero-order chi connectivity index (χ0) is 21.3. The monoisotopic (exact) mass is 407 g/mol. The topological polar surface area (TPSA) is 103 Å². The number of hydrogen-bond donors (Lipinski definition) is 2. The van der Waals surface area contributed by atoms with Crippen LogP contribution in [0.2, 0.25) is 0 Å². The van der Waals surface area contributed by atoms with E-state index in [0.717, 1.165) is 17.7 Å². The van der Waals surface area contributed by atoms with Crippen molar-refractivity contribution < 1.29 is 13.9 Å². The smallest absolute Gasteiger partial charge is 0.232 e. The molecule has 0 radical (unpaired) electrons. The van der Waals surface area contributed by atoms with Gasteiger partial charge in [-0.25, -0.2) is 4.39 Å². The summed E-state index contributed by atoms with van der Waals surface area (Å²) in [6, 6.07) is 10.6. The minimum Gasteiger partial charge on any atom is -0.485 e. The van der Waals surface area contributed by atoms with Crippen LogP contribution in [0.15, 0.2) is 36.4 Å². The Balaban J connectivity index is 1.56. The molecule has 0 amide bonds. The Morgan fingerprint density at radius 3 is 2.80 bits per heavy atom. The fraction of sp³-hybridized carbons (Fsp3) is 0.273. The molecule has 1 aromatic heterocycles. The van der Waals surface area contributed by atoms with Crippen LogP contribution in [0.5, 0.6) is 5.75 Å². The highest BCUT2D eigenvalue weighted by Gasteiger charge is 2.32. The minimum absolute atomic E-state index is 0.0312. The molecule has 4 rings (SSSR count). The number of para-hydroxylation sites is 1. The molecule has 0 bridgehead atoms. The summed E-state index contributed by atoms with van der Waals surface area (Å²) in [5.74, 6) is 0.298. The molecule has 0 fully saturated rings. The number of Topliss-reactive ketones (excluding diaryl/α,β-unsaturated/α-hetero) is 1. The van der Waals surface area contributed by atoms with E-state index in [0.29, 0.717) is 28.6 Å². The highest BCUT2D eigenvalue weighted by Crippen LogP contribution is 2.39. The highest BCUT2D eigenvalue weighted by molar-refractivity contribution is 6.03.